The third-order valence-electron chi connectivity index (χ3n) is 4.42. The Morgan fingerprint density at radius 2 is 2.10 bits per heavy atom. The quantitative estimate of drug-likeness (QED) is 0.602. The zero-order chi connectivity index (χ0) is 14.2. The van der Waals surface area contributed by atoms with E-state index in [1.165, 1.54) is 51.6 Å². The van der Waals surface area contributed by atoms with Crippen molar-refractivity contribution in [1.82, 2.24) is 10.2 Å². The first-order valence-corrected chi connectivity index (χ1v) is 8.61. The molecule has 0 amide bonds. The van der Waals surface area contributed by atoms with Crippen LogP contribution >= 0.6 is 0 Å². The molecule has 0 aromatic heterocycles. The number of rotatable bonds is 10. The van der Waals surface area contributed by atoms with E-state index in [-0.39, 0.29) is 6.23 Å². The Kier molecular flexibility index (Phi) is 7.28. The molecule has 4 heteroatoms. The van der Waals surface area contributed by atoms with Gasteiger partial charge in [0.1, 0.15) is 6.23 Å². The minimum Gasteiger partial charge on any atom is -0.362 e. The lowest BCUT2D eigenvalue weighted by atomic mass is 10.0. The molecule has 1 aliphatic heterocycles. The van der Waals surface area contributed by atoms with E-state index in [4.69, 9.17) is 10.5 Å². The van der Waals surface area contributed by atoms with Crippen molar-refractivity contribution in [3.63, 3.8) is 0 Å². The number of hydrogen-bond acceptors (Lipinski definition) is 4. The number of nitrogens with zero attached hydrogens (tertiary/aromatic N) is 1. The van der Waals surface area contributed by atoms with Crippen LogP contribution in [0, 0.1) is 5.92 Å². The first kappa shape index (κ1) is 16.2. The van der Waals surface area contributed by atoms with Crippen molar-refractivity contribution in [2.45, 2.75) is 64.1 Å². The molecule has 118 valence electrons. The van der Waals surface area contributed by atoms with E-state index in [0.717, 1.165) is 32.0 Å². The highest BCUT2D eigenvalue weighted by atomic mass is 16.5. The Morgan fingerprint density at radius 3 is 2.75 bits per heavy atom. The standard InChI is InChI=1S/C16H33N3O/c1-2-9-19(13-14-6-7-14)10-11-20-16(17)12-15-5-3-4-8-18-15/h14-16,18H,2-13,17H2,1H3. The second kappa shape index (κ2) is 8.98. The Morgan fingerprint density at radius 1 is 1.25 bits per heavy atom. The fourth-order valence-corrected chi connectivity index (χ4v) is 3.08. The second-order valence-electron chi connectivity index (χ2n) is 6.54. The van der Waals surface area contributed by atoms with E-state index >= 15 is 0 Å². The molecule has 2 aliphatic rings. The van der Waals surface area contributed by atoms with E-state index in [1.807, 2.05) is 0 Å². The monoisotopic (exact) mass is 283 g/mol. The Labute approximate surface area is 124 Å². The molecule has 0 radical (unpaired) electrons. The summed E-state index contributed by atoms with van der Waals surface area (Å²) in [6.45, 7) is 7.66. The predicted octanol–water partition coefficient (Wildman–Crippen LogP) is 1.94. The molecule has 0 spiro atoms. The first-order valence-electron chi connectivity index (χ1n) is 8.61. The normalized spacial score (nSPS) is 25.1. The van der Waals surface area contributed by atoms with Crippen LogP contribution in [0.2, 0.25) is 0 Å². The number of piperidine rings is 1. The predicted molar refractivity (Wildman–Crippen MR) is 83.6 cm³/mol. The van der Waals surface area contributed by atoms with Crippen LogP contribution in [0.3, 0.4) is 0 Å². The molecule has 1 saturated carbocycles. The van der Waals surface area contributed by atoms with Crippen LogP contribution in [-0.2, 0) is 4.74 Å². The van der Waals surface area contributed by atoms with Gasteiger partial charge in [0, 0.05) is 25.6 Å². The minimum atomic E-state index is -0.102. The highest BCUT2D eigenvalue weighted by molar-refractivity contribution is 4.77. The molecule has 3 N–H and O–H groups in total. The zero-order valence-electron chi connectivity index (χ0n) is 13.2. The molecule has 2 atom stereocenters. The van der Waals surface area contributed by atoms with E-state index < -0.39 is 0 Å². The highest BCUT2D eigenvalue weighted by Crippen LogP contribution is 2.29. The summed E-state index contributed by atoms with van der Waals surface area (Å²) >= 11 is 0. The molecule has 1 saturated heterocycles. The summed E-state index contributed by atoms with van der Waals surface area (Å²) in [6.07, 6.45) is 8.81. The first-order chi connectivity index (χ1) is 9.78. The Hall–Kier alpha value is -0.160. The number of nitrogens with one attached hydrogen (secondary N) is 1. The van der Waals surface area contributed by atoms with E-state index in [2.05, 4.69) is 17.1 Å². The highest BCUT2D eigenvalue weighted by Gasteiger charge is 2.24. The summed E-state index contributed by atoms with van der Waals surface area (Å²) in [5.74, 6) is 0.960. The molecule has 0 aromatic rings. The van der Waals surface area contributed by atoms with Crippen LogP contribution in [0.1, 0.15) is 51.9 Å². The molecule has 2 unspecified atom stereocenters. The van der Waals surface area contributed by atoms with Gasteiger partial charge < -0.3 is 20.7 Å². The molecular formula is C16H33N3O. The number of ether oxygens (including phenoxy) is 1. The smallest absolute Gasteiger partial charge is 0.107 e. The van der Waals surface area contributed by atoms with Crippen molar-refractivity contribution in [2.24, 2.45) is 11.7 Å². The van der Waals surface area contributed by atoms with Crippen molar-refractivity contribution < 1.29 is 4.74 Å². The molecule has 1 heterocycles. The van der Waals surface area contributed by atoms with Crippen LogP contribution in [0.25, 0.3) is 0 Å². The summed E-state index contributed by atoms with van der Waals surface area (Å²) in [7, 11) is 0. The maximum atomic E-state index is 6.10. The van der Waals surface area contributed by atoms with Gasteiger partial charge in [-0.1, -0.05) is 13.3 Å². The van der Waals surface area contributed by atoms with Gasteiger partial charge in [0.2, 0.25) is 0 Å². The summed E-state index contributed by atoms with van der Waals surface area (Å²) in [5, 5.41) is 3.53. The lowest BCUT2D eigenvalue weighted by Gasteiger charge is -2.27. The Bertz CT molecular complexity index is 252. The van der Waals surface area contributed by atoms with Gasteiger partial charge >= 0.3 is 0 Å². The van der Waals surface area contributed by atoms with Crippen LogP contribution < -0.4 is 11.1 Å². The van der Waals surface area contributed by atoms with E-state index in [1.54, 1.807) is 0 Å². The fraction of sp³-hybridized carbons (Fsp3) is 1.00. The molecule has 1 aliphatic carbocycles. The average Bonchev–Trinajstić information content (AvgIpc) is 3.24. The van der Waals surface area contributed by atoms with Crippen LogP contribution in [0.5, 0.6) is 0 Å². The van der Waals surface area contributed by atoms with Gasteiger partial charge in [-0.15, -0.1) is 0 Å². The van der Waals surface area contributed by atoms with E-state index in [9.17, 15) is 0 Å². The van der Waals surface area contributed by atoms with Crippen LogP contribution in [0.4, 0.5) is 0 Å². The van der Waals surface area contributed by atoms with Crippen molar-refractivity contribution in [3.05, 3.63) is 0 Å². The third-order valence-corrected chi connectivity index (χ3v) is 4.42. The maximum absolute atomic E-state index is 6.10. The van der Waals surface area contributed by atoms with Gasteiger partial charge in [0.05, 0.1) is 6.61 Å². The molecule has 0 aromatic carbocycles. The number of hydrogen-bond donors (Lipinski definition) is 2. The second-order valence-corrected chi connectivity index (χ2v) is 6.54. The summed E-state index contributed by atoms with van der Waals surface area (Å²) in [5.41, 5.74) is 6.10. The van der Waals surface area contributed by atoms with Crippen LogP contribution in [0.15, 0.2) is 0 Å². The molecule has 2 fully saturated rings. The van der Waals surface area contributed by atoms with Gasteiger partial charge in [0.15, 0.2) is 0 Å². The van der Waals surface area contributed by atoms with Crippen molar-refractivity contribution in [3.8, 4) is 0 Å². The molecule has 0 bridgehead atoms. The lowest BCUT2D eigenvalue weighted by molar-refractivity contribution is 0.0279. The van der Waals surface area contributed by atoms with Gasteiger partial charge in [0.25, 0.3) is 0 Å². The lowest BCUT2D eigenvalue weighted by Crippen LogP contribution is -2.41. The van der Waals surface area contributed by atoms with Gasteiger partial charge in [-0.05, 0) is 51.1 Å². The van der Waals surface area contributed by atoms with Crippen molar-refractivity contribution in [1.29, 1.82) is 0 Å². The summed E-state index contributed by atoms with van der Waals surface area (Å²) in [4.78, 5) is 2.54. The van der Waals surface area contributed by atoms with Gasteiger partial charge in [-0.25, -0.2) is 0 Å². The minimum absolute atomic E-state index is 0.102. The zero-order valence-corrected chi connectivity index (χ0v) is 13.2. The van der Waals surface area contributed by atoms with E-state index in [0.29, 0.717) is 6.04 Å². The third kappa shape index (κ3) is 6.53. The molecule has 20 heavy (non-hydrogen) atoms. The van der Waals surface area contributed by atoms with Crippen LogP contribution in [-0.4, -0.2) is 50.0 Å². The van der Waals surface area contributed by atoms with Gasteiger partial charge in [-0.2, -0.15) is 0 Å². The summed E-state index contributed by atoms with van der Waals surface area (Å²) < 4.78 is 5.82. The largest absolute Gasteiger partial charge is 0.362 e. The molecule has 4 nitrogen and oxygen atoms in total. The average molecular weight is 283 g/mol. The number of nitrogens with two attached hydrogens (primary N) is 1. The summed E-state index contributed by atoms with van der Waals surface area (Å²) in [6, 6.07) is 0.567. The van der Waals surface area contributed by atoms with Crippen molar-refractivity contribution >= 4 is 0 Å². The topological polar surface area (TPSA) is 50.5 Å². The van der Waals surface area contributed by atoms with Crippen molar-refractivity contribution in [2.75, 3.05) is 32.8 Å². The SMILES string of the molecule is CCCN(CCOC(N)CC1CCCCN1)CC1CC1. The fourth-order valence-electron chi connectivity index (χ4n) is 3.08. The van der Waals surface area contributed by atoms with Gasteiger partial charge in [-0.3, -0.25) is 0 Å². The molecule has 2 rings (SSSR count). The molecular weight excluding hydrogens is 250 g/mol. The Balaban J connectivity index is 1.55. The maximum Gasteiger partial charge on any atom is 0.107 e.